The third-order valence-electron chi connectivity index (χ3n) is 3.65. The number of guanidine groups is 1. The number of halogens is 3. The lowest BCUT2D eigenvalue weighted by molar-refractivity contribution is -0.137. The number of amides is 1. The number of nitrogens with zero attached hydrogens (tertiary/aromatic N) is 2. The van der Waals surface area contributed by atoms with Crippen LogP contribution >= 0.6 is 0 Å². The lowest BCUT2D eigenvalue weighted by Crippen LogP contribution is -2.29. The molecule has 1 heterocycles. The van der Waals surface area contributed by atoms with E-state index >= 15 is 0 Å². The topological polar surface area (TPSA) is 80.4 Å². The molecule has 0 spiro atoms. The summed E-state index contributed by atoms with van der Waals surface area (Å²) in [6, 6.07) is 13.4. The summed E-state index contributed by atoms with van der Waals surface area (Å²) in [4.78, 5) is 18.9. The van der Waals surface area contributed by atoms with Crippen LogP contribution in [-0.4, -0.2) is 17.4 Å². The van der Waals surface area contributed by atoms with Gasteiger partial charge in [0.15, 0.2) is 5.96 Å². The molecule has 5 nitrogen and oxygen atoms in total. The zero-order chi connectivity index (χ0) is 18.7. The van der Waals surface area contributed by atoms with Gasteiger partial charge in [0, 0.05) is 10.9 Å². The van der Waals surface area contributed by atoms with E-state index in [0.29, 0.717) is 23.0 Å². The standard InChI is InChI=1S/C18H13F3N4O/c19-18(20,21)13-7-3-1-5-11(13)15-9-16(25-17(22)23-10-26)12-6-2-4-8-14(12)24-15/h1-10H,(H3,22,23,24,25,26). The molecule has 3 N–H and O–H groups in total. The molecule has 3 rings (SSSR count). The molecule has 0 saturated heterocycles. The maximum Gasteiger partial charge on any atom is 0.417 e. The fraction of sp³-hybridized carbons (Fsp3) is 0.0556. The van der Waals surface area contributed by atoms with Crippen molar-refractivity contribution < 1.29 is 18.0 Å². The number of hydrogen-bond donors (Lipinski definition) is 2. The SMILES string of the molecule is NC(=Nc1cc(-c2ccccc2C(F)(F)F)nc2ccccc12)NC=O. The highest BCUT2D eigenvalue weighted by Crippen LogP contribution is 2.38. The van der Waals surface area contributed by atoms with Crippen LogP contribution in [0, 0.1) is 0 Å². The van der Waals surface area contributed by atoms with Gasteiger partial charge in [-0.3, -0.25) is 10.1 Å². The summed E-state index contributed by atoms with van der Waals surface area (Å²) in [7, 11) is 0. The van der Waals surface area contributed by atoms with Crippen LogP contribution in [0.15, 0.2) is 59.6 Å². The summed E-state index contributed by atoms with van der Waals surface area (Å²) in [5.41, 5.74) is 5.61. The molecule has 0 saturated carbocycles. The highest BCUT2D eigenvalue weighted by Gasteiger charge is 2.33. The number of carbonyl (C=O) groups excluding carboxylic acids is 1. The van der Waals surface area contributed by atoms with Gasteiger partial charge < -0.3 is 5.73 Å². The van der Waals surface area contributed by atoms with Crippen molar-refractivity contribution in [3.8, 4) is 11.3 Å². The number of para-hydroxylation sites is 1. The average molecular weight is 358 g/mol. The molecule has 0 unspecified atom stereocenters. The zero-order valence-electron chi connectivity index (χ0n) is 13.3. The Bertz CT molecular complexity index is 999. The van der Waals surface area contributed by atoms with E-state index in [2.05, 4.69) is 15.3 Å². The molecular formula is C18H13F3N4O. The smallest absolute Gasteiger partial charge is 0.369 e. The number of hydrogen-bond acceptors (Lipinski definition) is 3. The van der Waals surface area contributed by atoms with Crippen LogP contribution in [0.5, 0.6) is 0 Å². The van der Waals surface area contributed by atoms with Gasteiger partial charge in [-0.15, -0.1) is 0 Å². The van der Waals surface area contributed by atoms with E-state index in [1.165, 1.54) is 24.3 Å². The lowest BCUT2D eigenvalue weighted by atomic mass is 10.0. The number of aromatic nitrogens is 1. The van der Waals surface area contributed by atoms with Crippen molar-refractivity contribution in [3.05, 3.63) is 60.2 Å². The second-order valence-electron chi connectivity index (χ2n) is 5.35. The predicted molar refractivity (Wildman–Crippen MR) is 92.7 cm³/mol. The molecule has 0 bridgehead atoms. The molecule has 8 heteroatoms. The summed E-state index contributed by atoms with van der Waals surface area (Å²) in [6.45, 7) is 0. The molecule has 0 radical (unpaired) electrons. The van der Waals surface area contributed by atoms with E-state index in [-0.39, 0.29) is 17.2 Å². The number of nitrogens with two attached hydrogens (primary N) is 1. The Labute approximate surface area is 146 Å². The van der Waals surface area contributed by atoms with Crippen LogP contribution in [0.4, 0.5) is 18.9 Å². The first kappa shape index (κ1) is 17.4. The Balaban J connectivity index is 2.27. The maximum atomic E-state index is 13.3. The molecule has 0 aliphatic rings. The average Bonchev–Trinajstić information content (AvgIpc) is 2.61. The molecule has 0 fully saturated rings. The van der Waals surface area contributed by atoms with Gasteiger partial charge in [-0.05, 0) is 18.2 Å². The summed E-state index contributed by atoms with van der Waals surface area (Å²) < 4.78 is 40.0. The van der Waals surface area contributed by atoms with Crippen LogP contribution in [-0.2, 0) is 11.0 Å². The summed E-state index contributed by atoms with van der Waals surface area (Å²) >= 11 is 0. The number of pyridine rings is 1. The van der Waals surface area contributed by atoms with Crippen molar-refractivity contribution in [1.82, 2.24) is 10.3 Å². The summed E-state index contributed by atoms with van der Waals surface area (Å²) in [6.07, 6.45) is -4.16. The Morgan fingerprint density at radius 2 is 1.81 bits per heavy atom. The molecule has 1 amide bonds. The molecular weight excluding hydrogens is 345 g/mol. The first-order valence-corrected chi connectivity index (χ1v) is 7.51. The van der Waals surface area contributed by atoms with Crippen molar-refractivity contribution >= 4 is 29.0 Å². The third-order valence-corrected chi connectivity index (χ3v) is 3.65. The van der Waals surface area contributed by atoms with E-state index in [9.17, 15) is 18.0 Å². The Morgan fingerprint density at radius 3 is 2.54 bits per heavy atom. The van der Waals surface area contributed by atoms with Crippen molar-refractivity contribution in [1.29, 1.82) is 0 Å². The van der Waals surface area contributed by atoms with Crippen LogP contribution in [0.2, 0.25) is 0 Å². The van der Waals surface area contributed by atoms with E-state index in [4.69, 9.17) is 5.73 Å². The number of benzene rings is 2. The third kappa shape index (κ3) is 3.49. The van der Waals surface area contributed by atoms with Crippen LogP contribution < -0.4 is 11.1 Å². The van der Waals surface area contributed by atoms with Crippen molar-refractivity contribution in [3.63, 3.8) is 0 Å². The van der Waals surface area contributed by atoms with Gasteiger partial charge in [-0.1, -0.05) is 36.4 Å². The molecule has 3 aromatic rings. The lowest BCUT2D eigenvalue weighted by Gasteiger charge is -2.13. The Morgan fingerprint density at radius 1 is 1.12 bits per heavy atom. The largest absolute Gasteiger partial charge is 0.417 e. The van der Waals surface area contributed by atoms with Gasteiger partial charge in [0.05, 0.1) is 22.5 Å². The highest BCUT2D eigenvalue weighted by molar-refractivity contribution is 5.97. The predicted octanol–water partition coefficient (Wildman–Crippen LogP) is 3.61. The first-order valence-electron chi connectivity index (χ1n) is 7.51. The molecule has 132 valence electrons. The number of nitrogens with one attached hydrogen (secondary N) is 1. The monoisotopic (exact) mass is 358 g/mol. The number of alkyl halides is 3. The first-order chi connectivity index (χ1) is 12.4. The van der Waals surface area contributed by atoms with E-state index in [1.807, 2.05) is 0 Å². The fourth-order valence-corrected chi connectivity index (χ4v) is 2.56. The highest BCUT2D eigenvalue weighted by atomic mass is 19.4. The Hall–Kier alpha value is -3.42. The molecule has 0 aliphatic heterocycles. The van der Waals surface area contributed by atoms with Gasteiger partial charge in [-0.2, -0.15) is 13.2 Å². The van der Waals surface area contributed by atoms with Crippen molar-refractivity contribution in [2.24, 2.45) is 10.7 Å². The van der Waals surface area contributed by atoms with Gasteiger partial charge in [0.2, 0.25) is 6.41 Å². The molecule has 0 atom stereocenters. The second kappa shape index (κ2) is 6.83. The second-order valence-corrected chi connectivity index (χ2v) is 5.35. The van der Waals surface area contributed by atoms with Gasteiger partial charge in [0.25, 0.3) is 0 Å². The maximum absolute atomic E-state index is 13.3. The fourth-order valence-electron chi connectivity index (χ4n) is 2.56. The quantitative estimate of drug-likeness (QED) is 0.426. The van der Waals surface area contributed by atoms with E-state index in [1.54, 1.807) is 24.3 Å². The number of rotatable bonds is 3. The number of carbonyl (C=O) groups is 1. The minimum absolute atomic E-state index is 0.0656. The van der Waals surface area contributed by atoms with Crippen molar-refractivity contribution in [2.75, 3.05) is 0 Å². The summed E-state index contributed by atoms with van der Waals surface area (Å²) in [5, 5.41) is 2.79. The van der Waals surface area contributed by atoms with Gasteiger partial charge in [0.1, 0.15) is 0 Å². The minimum atomic E-state index is -4.52. The zero-order valence-corrected chi connectivity index (χ0v) is 13.3. The normalized spacial score (nSPS) is 12.2. The molecule has 1 aromatic heterocycles. The minimum Gasteiger partial charge on any atom is -0.369 e. The molecule has 26 heavy (non-hydrogen) atoms. The summed E-state index contributed by atoms with van der Waals surface area (Å²) in [5.74, 6) is -0.175. The molecule has 0 aliphatic carbocycles. The Kier molecular flexibility index (Phi) is 4.57. The van der Waals surface area contributed by atoms with Crippen LogP contribution in [0.1, 0.15) is 5.56 Å². The van der Waals surface area contributed by atoms with Crippen LogP contribution in [0.25, 0.3) is 22.2 Å². The van der Waals surface area contributed by atoms with Crippen molar-refractivity contribution in [2.45, 2.75) is 6.18 Å². The van der Waals surface area contributed by atoms with E-state index < -0.39 is 11.7 Å². The molecule has 2 aromatic carbocycles. The number of fused-ring (bicyclic) bond motifs is 1. The van der Waals surface area contributed by atoms with Gasteiger partial charge in [-0.25, -0.2) is 9.98 Å². The van der Waals surface area contributed by atoms with Gasteiger partial charge >= 0.3 is 6.18 Å². The van der Waals surface area contributed by atoms with Crippen LogP contribution in [0.3, 0.4) is 0 Å². The van der Waals surface area contributed by atoms with E-state index in [0.717, 1.165) is 6.07 Å². The number of aliphatic imine (C=N–C) groups is 1.